The molecule has 0 atom stereocenters. The van der Waals surface area contributed by atoms with Crippen LogP contribution in [0.5, 0.6) is 11.5 Å². The number of para-hydroxylation sites is 2. The number of nitrogens with zero attached hydrogens (tertiary/aromatic N) is 1. The maximum absolute atomic E-state index is 12.4. The summed E-state index contributed by atoms with van der Waals surface area (Å²) >= 11 is 0. The average Bonchev–Trinajstić information content (AvgIpc) is 3.33. The third-order valence-electron chi connectivity index (χ3n) is 5.06. The van der Waals surface area contributed by atoms with Gasteiger partial charge in [-0.2, -0.15) is 0 Å². The fourth-order valence-electron chi connectivity index (χ4n) is 3.80. The Labute approximate surface area is 154 Å². The molecule has 138 valence electrons. The van der Waals surface area contributed by atoms with Gasteiger partial charge in [-0.3, -0.25) is 9.36 Å². The molecule has 0 bridgehead atoms. The van der Waals surface area contributed by atoms with Crippen molar-refractivity contribution >= 4 is 22.7 Å². The molecule has 1 fully saturated rings. The standard InChI is InChI=1S/C20H18N2O5/c23-18(12-22-14-5-1-2-6-15(14)25-19(22)24)21-13-7-8-16-17(11-13)27-20(26-16)9-3-4-10-20/h1-2,5-8,11H,3-4,9-10,12H2,(H,21,23). The Bertz CT molecular complexity index is 1090. The van der Waals surface area contributed by atoms with E-state index in [1.807, 2.05) is 0 Å². The molecule has 2 aliphatic rings. The van der Waals surface area contributed by atoms with Crippen molar-refractivity contribution in [2.75, 3.05) is 5.32 Å². The van der Waals surface area contributed by atoms with E-state index in [1.54, 1.807) is 42.5 Å². The molecule has 0 radical (unpaired) electrons. The van der Waals surface area contributed by atoms with E-state index in [0.717, 1.165) is 25.7 Å². The smallest absolute Gasteiger partial charge is 0.420 e. The zero-order chi connectivity index (χ0) is 18.4. The van der Waals surface area contributed by atoms with Gasteiger partial charge in [0.25, 0.3) is 5.79 Å². The van der Waals surface area contributed by atoms with Crippen LogP contribution < -0.4 is 20.5 Å². The van der Waals surface area contributed by atoms with Crippen molar-refractivity contribution in [1.82, 2.24) is 4.57 Å². The number of anilines is 1. The van der Waals surface area contributed by atoms with E-state index in [-0.39, 0.29) is 12.5 Å². The van der Waals surface area contributed by atoms with Crippen molar-refractivity contribution in [3.8, 4) is 11.5 Å². The molecule has 1 aromatic heterocycles. The van der Waals surface area contributed by atoms with E-state index in [4.69, 9.17) is 13.9 Å². The second kappa shape index (κ2) is 5.90. The minimum atomic E-state index is -0.555. The highest BCUT2D eigenvalue weighted by Gasteiger charge is 2.44. The van der Waals surface area contributed by atoms with Gasteiger partial charge in [0.2, 0.25) is 5.91 Å². The zero-order valence-corrected chi connectivity index (χ0v) is 14.6. The summed E-state index contributed by atoms with van der Waals surface area (Å²) in [6.07, 6.45) is 3.93. The SMILES string of the molecule is O=C(Cn1c(=O)oc2ccccc21)Nc1ccc2c(c1)OC1(CCCC1)O2. The van der Waals surface area contributed by atoms with Crippen molar-refractivity contribution in [2.45, 2.75) is 38.0 Å². The first kappa shape index (κ1) is 16.0. The van der Waals surface area contributed by atoms with Crippen molar-refractivity contribution in [3.05, 3.63) is 53.0 Å². The Morgan fingerprint density at radius 3 is 2.70 bits per heavy atom. The van der Waals surface area contributed by atoms with Crippen LogP contribution in [0.25, 0.3) is 11.1 Å². The molecular weight excluding hydrogens is 348 g/mol. The lowest BCUT2D eigenvalue weighted by Crippen LogP contribution is -2.34. The van der Waals surface area contributed by atoms with Gasteiger partial charge in [-0.05, 0) is 37.1 Å². The lowest BCUT2D eigenvalue weighted by Gasteiger charge is -2.21. The lowest BCUT2D eigenvalue weighted by atomic mass is 10.2. The molecule has 1 saturated carbocycles. The van der Waals surface area contributed by atoms with Gasteiger partial charge < -0.3 is 19.2 Å². The predicted octanol–water partition coefficient (Wildman–Crippen LogP) is 3.27. The van der Waals surface area contributed by atoms with E-state index in [2.05, 4.69) is 5.32 Å². The molecule has 2 heterocycles. The summed E-state index contributed by atoms with van der Waals surface area (Å²) in [7, 11) is 0. The van der Waals surface area contributed by atoms with E-state index in [1.165, 1.54) is 4.57 Å². The molecule has 7 nitrogen and oxygen atoms in total. The number of hydrogen-bond donors (Lipinski definition) is 1. The summed E-state index contributed by atoms with van der Waals surface area (Å²) in [5, 5.41) is 2.80. The topological polar surface area (TPSA) is 82.7 Å². The third-order valence-corrected chi connectivity index (χ3v) is 5.06. The van der Waals surface area contributed by atoms with Crippen LogP contribution in [0.1, 0.15) is 25.7 Å². The van der Waals surface area contributed by atoms with Crippen molar-refractivity contribution in [1.29, 1.82) is 0 Å². The van der Waals surface area contributed by atoms with Gasteiger partial charge in [-0.25, -0.2) is 4.79 Å². The summed E-state index contributed by atoms with van der Waals surface area (Å²) < 4.78 is 18.5. The summed E-state index contributed by atoms with van der Waals surface area (Å²) in [6, 6.07) is 12.3. The van der Waals surface area contributed by atoms with Crippen LogP contribution in [0.15, 0.2) is 51.7 Å². The number of aromatic nitrogens is 1. The number of ether oxygens (including phenoxy) is 2. The molecule has 2 aromatic carbocycles. The van der Waals surface area contributed by atoms with E-state index in [0.29, 0.717) is 28.3 Å². The van der Waals surface area contributed by atoms with E-state index >= 15 is 0 Å². The minimum absolute atomic E-state index is 0.131. The van der Waals surface area contributed by atoms with Gasteiger partial charge in [0.1, 0.15) is 6.54 Å². The number of benzene rings is 2. The van der Waals surface area contributed by atoms with Crippen molar-refractivity contribution in [2.24, 2.45) is 0 Å². The maximum atomic E-state index is 12.4. The van der Waals surface area contributed by atoms with Gasteiger partial charge in [0, 0.05) is 24.6 Å². The number of carbonyl (C=O) groups excluding carboxylic acids is 1. The van der Waals surface area contributed by atoms with Crippen molar-refractivity contribution in [3.63, 3.8) is 0 Å². The Balaban J connectivity index is 1.33. The molecule has 1 amide bonds. The highest BCUT2D eigenvalue weighted by molar-refractivity contribution is 5.91. The van der Waals surface area contributed by atoms with Crippen LogP contribution >= 0.6 is 0 Å². The number of nitrogens with one attached hydrogen (secondary N) is 1. The summed E-state index contributed by atoms with van der Waals surface area (Å²) in [5.74, 6) is -0.0700. The fourth-order valence-corrected chi connectivity index (χ4v) is 3.80. The molecule has 1 N–H and O–H groups in total. The quantitative estimate of drug-likeness (QED) is 0.769. The normalized spacial score (nSPS) is 16.9. The predicted molar refractivity (Wildman–Crippen MR) is 98.0 cm³/mol. The first-order valence-corrected chi connectivity index (χ1v) is 9.02. The largest absolute Gasteiger partial charge is 0.448 e. The highest BCUT2D eigenvalue weighted by atomic mass is 16.7. The molecule has 5 rings (SSSR count). The summed E-state index contributed by atoms with van der Waals surface area (Å²) in [4.78, 5) is 24.4. The van der Waals surface area contributed by atoms with Gasteiger partial charge in [-0.15, -0.1) is 0 Å². The van der Waals surface area contributed by atoms with Gasteiger partial charge in [0.15, 0.2) is 17.1 Å². The van der Waals surface area contributed by atoms with E-state index in [9.17, 15) is 9.59 Å². The Kier molecular flexibility index (Phi) is 3.50. The molecule has 1 aliphatic heterocycles. The maximum Gasteiger partial charge on any atom is 0.420 e. The monoisotopic (exact) mass is 366 g/mol. The van der Waals surface area contributed by atoms with Crippen LogP contribution in [-0.2, 0) is 11.3 Å². The molecular formula is C20H18N2O5. The molecule has 1 spiro atoms. The Morgan fingerprint density at radius 2 is 1.85 bits per heavy atom. The lowest BCUT2D eigenvalue weighted by molar-refractivity contribution is -0.116. The van der Waals surface area contributed by atoms with Crippen LogP contribution in [-0.4, -0.2) is 16.3 Å². The second-order valence-corrected chi connectivity index (χ2v) is 6.95. The average molecular weight is 366 g/mol. The molecule has 27 heavy (non-hydrogen) atoms. The number of rotatable bonds is 3. The first-order chi connectivity index (χ1) is 13.1. The van der Waals surface area contributed by atoms with E-state index < -0.39 is 11.5 Å². The van der Waals surface area contributed by atoms with Crippen LogP contribution in [0.3, 0.4) is 0 Å². The molecule has 0 saturated heterocycles. The van der Waals surface area contributed by atoms with Crippen molar-refractivity contribution < 1.29 is 18.7 Å². The Morgan fingerprint density at radius 1 is 1.07 bits per heavy atom. The number of amides is 1. The highest BCUT2D eigenvalue weighted by Crippen LogP contribution is 2.47. The number of hydrogen-bond acceptors (Lipinski definition) is 5. The fraction of sp³-hybridized carbons (Fsp3) is 0.300. The van der Waals surface area contributed by atoms with Crippen LogP contribution in [0.4, 0.5) is 5.69 Å². The molecule has 7 heteroatoms. The van der Waals surface area contributed by atoms with Gasteiger partial charge >= 0.3 is 5.76 Å². The zero-order valence-electron chi connectivity index (χ0n) is 14.6. The van der Waals surface area contributed by atoms with Gasteiger partial charge in [-0.1, -0.05) is 12.1 Å². The summed E-state index contributed by atoms with van der Waals surface area (Å²) in [6.45, 7) is -0.131. The van der Waals surface area contributed by atoms with Crippen LogP contribution in [0.2, 0.25) is 0 Å². The first-order valence-electron chi connectivity index (χ1n) is 9.02. The third kappa shape index (κ3) is 2.75. The van der Waals surface area contributed by atoms with Gasteiger partial charge in [0.05, 0.1) is 5.52 Å². The summed E-state index contributed by atoms with van der Waals surface area (Å²) in [5.41, 5.74) is 1.64. The molecule has 1 aliphatic carbocycles. The van der Waals surface area contributed by atoms with Crippen LogP contribution in [0, 0.1) is 0 Å². The Hall–Kier alpha value is -3.22. The minimum Gasteiger partial charge on any atom is -0.448 e. The molecule has 3 aromatic rings. The second-order valence-electron chi connectivity index (χ2n) is 6.95. The number of carbonyl (C=O) groups is 1. The molecule has 0 unspecified atom stereocenters. The number of oxazole rings is 1. The number of fused-ring (bicyclic) bond motifs is 2.